The highest BCUT2D eigenvalue weighted by Crippen LogP contribution is 2.26. The monoisotopic (exact) mass is 250 g/mol. The first-order valence-corrected chi connectivity index (χ1v) is 6.30. The summed E-state index contributed by atoms with van der Waals surface area (Å²) in [6.07, 6.45) is 0. The molecule has 78 valence electrons. The van der Waals surface area contributed by atoms with Crippen LogP contribution in [0.4, 0.5) is 0 Å². The molecule has 0 atom stereocenters. The quantitative estimate of drug-likeness (QED) is 0.581. The van der Waals surface area contributed by atoms with E-state index in [4.69, 9.17) is 27.9 Å². The molecule has 0 radical (unpaired) electrons. The second-order valence-electron chi connectivity index (χ2n) is 2.70. The Balaban J connectivity index is 2.67. The number of hydrogen-bond acceptors (Lipinski definition) is 2. The first-order chi connectivity index (χ1) is 6.77. The van der Waals surface area contributed by atoms with Crippen LogP contribution in [0.3, 0.4) is 0 Å². The van der Waals surface area contributed by atoms with Gasteiger partial charge in [0.25, 0.3) is 0 Å². The standard InChI is InChI=1S/C10H12Cl2OS/c1-13-10-3-2-9(12)6-8(10)7-14-5-4-11/h2-3,6H,4-5,7H2,1H3. The van der Waals surface area contributed by atoms with E-state index in [0.29, 0.717) is 5.88 Å². The van der Waals surface area contributed by atoms with Crippen LogP contribution in [-0.2, 0) is 5.75 Å². The Morgan fingerprint density at radius 3 is 2.86 bits per heavy atom. The van der Waals surface area contributed by atoms with Crippen LogP contribution in [-0.4, -0.2) is 18.7 Å². The van der Waals surface area contributed by atoms with E-state index in [1.807, 2.05) is 18.2 Å². The summed E-state index contributed by atoms with van der Waals surface area (Å²) in [7, 11) is 1.67. The van der Waals surface area contributed by atoms with Crippen molar-refractivity contribution in [3.63, 3.8) is 0 Å². The lowest BCUT2D eigenvalue weighted by Gasteiger charge is -2.07. The normalized spacial score (nSPS) is 10.2. The summed E-state index contributed by atoms with van der Waals surface area (Å²) in [5.41, 5.74) is 1.12. The van der Waals surface area contributed by atoms with Crippen LogP contribution < -0.4 is 4.74 Å². The van der Waals surface area contributed by atoms with Crippen molar-refractivity contribution in [2.45, 2.75) is 5.75 Å². The fourth-order valence-electron chi connectivity index (χ4n) is 1.10. The minimum absolute atomic E-state index is 0.674. The van der Waals surface area contributed by atoms with Gasteiger partial charge in [0.2, 0.25) is 0 Å². The van der Waals surface area contributed by atoms with Gasteiger partial charge < -0.3 is 4.74 Å². The molecule has 0 N–H and O–H groups in total. The van der Waals surface area contributed by atoms with Crippen LogP contribution >= 0.6 is 35.0 Å². The van der Waals surface area contributed by atoms with Crippen molar-refractivity contribution in [3.8, 4) is 5.75 Å². The molecule has 4 heteroatoms. The summed E-state index contributed by atoms with van der Waals surface area (Å²) >= 11 is 13.3. The van der Waals surface area contributed by atoms with Gasteiger partial charge in [0, 0.05) is 28.0 Å². The molecule has 0 saturated carbocycles. The van der Waals surface area contributed by atoms with E-state index >= 15 is 0 Å². The average Bonchev–Trinajstić information content (AvgIpc) is 2.19. The Morgan fingerprint density at radius 1 is 1.43 bits per heavy atom. The lowest BCUT2D eigenvalue weighted by atomic mass is 10.2. The number of alkyl halides is 1. The van der Waals surface area contributed by atoms with Crippen LogP contribution in [0, 0.1) is 0 Å². The Bertz CT molecular complexity index is 291. The molecule has 0 saturated heterocycles. The molecular weight excluding hydrogens is 239 g/mol. The van der Waals surface area contributed by atoms with E-state index < -0.39 is 0 Å². The maximum absolute atomic E-state index is 5.90. The molecule has 1 rings (SSSR count). The van der Waals surface area contributed by atoms with Crippen molar-refractivity contribution < 1.29 is 4.74 Å². The smallest absolute Gasteiger partial charge is 0.122 e. The summed E-state index contributed by atoms with van der Waals surface area (Å²) in [5.74, 6) is 3.39. The zero-order valence-electron chi connectivity index (χ0n) is 7.93. The van der Waals surface area contributed by atoms with Crippen LogP contribution in [0.2, 0.25) is 5.02 Å². The minimum atomic E-state index is 0.674. The number of rotatable bonds is 5. The fraction of sp³-hybridized carbons (Fsp3) is 0.400. The Morgan fingerprint density at radius 2 is 2.21 bits per heavy atom. The summed E-state index contributed by atoms with van der Waals surface area (Å²) in [5, 5.41) is 0.743. The highest BCUT2D eigenvalue weighted by molar-refractivity contribution is 7.98. The van der Waals surface area contributed by atoms with Crippen LogP contribution in [0.15, 0.2) is 18.2 Å². The lowest BCUT2D eigenvalue weighted by molar-refractivity contribution is 0.411. The predicted molar refractivity (Wildman–Crippen MR) is 64.9 cm³/mol. The number of benzene rings is 1. The molecular formula is C10H12Cl2OS. The second-order valence-corrected chi connectivity index (χ2v) is 4.62. The van der Waals surface area contributed by atoms with Crippen molar-refractivity contribution in [2.24, 2.45) is 0 Å². The van der Waals surface area contributed by atoms with Crippen LogP contribution in [0.25, 0.3) is 0 Å². The summed E-state index contributed by atoms with van der Waals surface area (Å²) in [4.78, 5) is 0. The molecule has 0 unspecified atom stereocenters. The summed E-state index contributed by atoms with van der Waals surface area (Å²) in [6.45, 7) is 0. The Labute approximate surface area is 98.7 Å². The van der Waals surface area contributed by atoms with Crippen molar-refractivity contribution in [2.75, 3.05) is 18.7 Å². The van der Waals surface area contributed by atoms with Gasteiger partial charge in [-0.15, -0.1) is 11.6 Å². The number of ether oxygens (including phenoxy) is 1. The predicted octanol–water partition coefficient (Wildman–Crippen LogP) is 3.82. The third kappa shape index (κ3) is 3.60. The first-order valence-electron chi connectivity index (χ1n) is 4.24. The molecule has 0 aliphatic heterocycles. The van der Waals surface area contributed by atoms with Crippen molar-refractivity contribution >= 4 is 35.0 Å². The molecule has 0 fully saturated rings. The maximum Gasteiger partial charge on any atom is 0.122 e. The van der Waals surface area contributed by atoms with Crippen molar-refractivity contribution in [1.82, 2.24) is 0 Å². The van der Waals surface area contributed by atoms with Gasteiger partial charge in [-0.25, -0.2) is 0 Å². The summed E-state index contributed by atoms with van der Waals surface area (Å²) in [6, 6.07) is 5.65. The second kappa shape index (κ2) is 6.44. The van der Waals surface area contributed by atoms with Gasteiger partial charge in [-0.05, 0) is 18.2 Å². The minimum Gasteiger partial charge on any atom is -0.496 e. The zero-order chi connectivity index (χ0) is 10.4. The van der Waals surface area contributed by atoms with Gasteiger partial charge >= 0.3 is 0 Å². The Hall–Kier alpha value is -0.0500. The molecule has 1 nitrogen and oxygen atoms in total. The maximum atomic E-state index is 5.90. The van der Waals surface area contributed by atoms with Gasteiger partial charge in [-0.3, -0.25) is 0 Å². The molecule has 0 heterocycles. The SMILES string of the molecule is COc1ccc(Cl)cc1CSCCCl. The van der Waals surface area contributed by atoms with Gasteiger partial charge in [-0.1, -0.05) is 11.6 Å². The van der Waals surface area contributed by atoms with E-state index in [1.165, 1.54) is 0 Å². The third-order valence-electron chi connectivity index (χ3n) is 1.72. The Kier molecular flexibility index (Phi) is 5.53. The van der Waals surface area contributed by atoms with E-state index in [1.54, 1.807) is 18.9 Å². The first kappa shape index (κ1) is 12.0. The topological polar surface area (TPSA) is 9.23 Å². The molecule has 14 heavy (non-hydrogen) atoms. The van der Waals surface area contributed by atoms with E-state index in [0.717, 1.165) is 27.8 Å². The molecule has 1 aromatic carbocycles. The largest absolute Gasteiger partial charge is 0.496 e. The number of thioether (sulfide) groups is 1. The molecule has 1 aromatic rings. The van der Waals surface area contributed by atoms with Gasteiger partial charge in [0.15, 0.2) is 0 Å². The average molecular weight is 251 g/mol. The third-order valence-corrected chi connectivity index (χ3v) is 3.38. The van der Waals surface area contributed by atoms with Crippen molar-refractivity contribution in [3.05, 3.63) is 28.8 Å². The van der Waals surface area contributed by atoms with Gasteiger partial charge in [-0.2, -0.15) is 11.8 Å². The molecule has 0 bridgehead atoms. The zero-order valence-corrected chi connectivity index (χ0v) is 10.3. The van der Waals surface area contributed by atoms with Gasteiger partial charge in [0.1, 0.15) is 5.75 Å². The van der Waals surface area contributed by atoms with E-state index in [-0.39, 0.29) is 0 Å². The van der Waals surface area contributed by atoms with Gasteiger partial charge in [0.05, 0.1) is 7.11 Å². The van der Waals surface area contributed by atoms with E-state index in [2.05, 4.69) is 0 Å². The fourth-order valence-corrected chi connectivity index (χ4v) is 2.32. The van der Waals surface area contributed by atoms with Crippen LogP contribution in [0.5, 0.6) is 5.75 Å². The highest BCUT2D eigenvalue weighted by Gasteiger charge is 2.03. The van der Waals surface area contributed by atoms with Crippen LogP contribution in [0.1, 0.15) is 5.56 Å². The van der Waals surface area contributed by atoms with E-state index in [9.17, 15) is 0 Å². The molecule has 0 aliphatic rings. The molecule has 0 spiro atoms. The lowest BCUT2D eigenvalue weighted by Crippen LogP contribution is -1.91. The molecule has 0 aliphatic carbocycles. The number of methoxy groups -OCH3 is 1. The highest BCUT2D eigenvalue weighted by atomic mass is 35.5. The van der Waals surface area contributed by atoms with Crippen molar-refractivity contribution in [1.29, 1.82) is 0 Å². The summed E-state index contributed by atoms with van der Waals surface area (Å²) < 4.78 is 5.23. The number of halogens is 2. The molecule has 0 amide bonds. The number of hydrogen-bond donors (Lipinski definition) is 0. The molecule has 0 aromatic heterocycles.